The normalized spacial score (nSPS) is 11.4. The Hall–Kier alpha value is -4.51. The molecule has 0 unspecified atom stereocenters. The molecule has 10 nitrogen and oxygen atoms in total. The predicted molar refractivity (Wildman–Crippen MR) is 131 cm³/mol. The maximum atomic E-state index is 12.8. The van der Waals surface area contributed by atoms with E-state index in [0.717, 1.165) is 17.1 Å². The first kappa shape index (κ1) is 22.3. The number of hydrogen-bond donors (Lipinski definition) is 2. The van der Waals surface area contributed by atoms with Crippen molar-refractivity contribution in [1.29, 1.82) is 0 Å². The third-order valence-corrected chi connectivity index (χ3v) is 6.61. The Bertz CT molecular complexity index is 1570. The Morgan fingerprint density at radius 1 is 0.914 bits per heavy atom. The van der Waals surface area contributed by atoms with Crippen LogP contribution in [0.15, 0.2) is 88.9 Å². The molecule has 2 N–H and O–H groups in total. The van der Waals surface area contributed by atoms with E-state index in [1.165, 1.54) is 24.7 Å². The van der Waals surface area contributed by atoms with Gasteiger partial charge in [-0.1, -0.05) is 12.1 Å². The third-order valence-electron chi connectivity index (χ3n) is 5.21. The summed E-state index contributed by atoms with van der Waals surface area (Å²) in [5.74, 6) is 2.64. The van der Waals surface area contributed by atoms with Gasteiger partial charge in [0.1, 0.15) is 35.7 Å². The number of nitrogens with zero attached hydrogens (tertiary/aromatic N) is 5. The molecule has 0 saturated heterocycles. The van der Waals surface area contributed by atoms with Gasteiger partial charge in [0.15, 0.2) is 5.89 Å². The summed E-state index contributed by atoms with van der Waals surface area (Å²) in [6, 6.07) is 15.1. The topological polar surface area (TPSA) is 128 Å². The van der Waals surface area contributed by atoms with Crippen LogP contribution in [0.2, 0.25) is 0 Å². The van der Waals surface area contributed by atoms with Gasteiger partial charge in [-0.05, 0) is 43.3 Å². The van der Waals surface area contributed by atoms with Crippen molar-refractivity contribution in [2.75, 3.05) is 10.0 Å². The Morgan fingerprint density at radius 3 is 2.31 bits per heavy atom. The summed E-state index contributed by atoms with van der Waals surface area (Å²) in [6.07, 6.45) is 6.53. The largest absolute Gasteiger partial charge is 0.449 e. The number of nitrogens with one attached hydrogen (secondary N) is 2. The lowest BCUT2D eigenvalue weighted by molar-refractivity contribution is 0.521. The molecule has 35 heavy (non-hydrogen) atoms. The van der Waals surface area contributed by atoms with Crippen LogP contribution in [0.4, 0.5) is 17.2 Å². The number of rotatable bonds is 7. The second kappa shape index (κ2) is 9.03. The van der Waals surface area contributed by atoms with Crippen LogP contribution in [0.1, 0.15) is 11.7 Å². The van der Waals surface area contributed by atoms with Gasteiger partial charge in [0.05, 0.1) is 4.90 Å². The third kappa shape index (κ3) is 4.89. The molecular formula is C24H21N7O3S. The van der Waals surface area contributed by atoms with Crippen LogP contribution in [-0.4, -0.2) is 32.9 Å². The molecule has 176 valence electrons. The fourth-order valence-electron chi connectivity index (χ4n) is 3.45. The summed E-state index contributed by atoms with van der Waals surface area (Å²) < 4.78 is 35.3. The average molecular weight is 488 g/mol. The van der Waals surface area contributed by atoms with E-state index < -0.39 is 10.0 Å². The van der Waals surface area contributed by atoms with Crippen molar-refractivity contribution in [3.05, 3.63) is 91.3 Å². The van der Waals surface area contributed by atoms with Crippen LogP contribution >= 0.6 is 0 Å². The number of benzene rings is 2. The molecule has 0 aliphatic heterocycles. The Labute approximate surface area is 201 Å². The summed E-state index contributed by atoms with van der Waals surface area (Å²) in [5, 5.41) is 3.20. The summed E-state index contributed by atoms with van der Waals surface area (Å²) >= 11 is 0. The molecule has 0 fully saturated rings. The number of oxazole rings is 1. The van der Waals surface area contributed by atoms with Gasteiger partial charge in [0, 0.05) is 42.3 Å². The number of aryl methyl sites for hydroxylation is 2. The minimum atomic E-state index is -3.76. The highest BCUT2D eigenvalue weighted by Gasteiger charge is 2.15. The highest BCUT2D eigenvalue weighted by atomic mass is 32.2. The van der Waals surface area contributed by atoms with E-state index in [1.807, 2.05) is 17.7 Å². The fourth-order valence-corrected chi connectivity index (χ4v) is 4.51. The number of hydrogen-bond acceptors (Lipinski definition) is 8. The Balaban J connectivity index is 1.27. The number of aromatic nitrogens is 5. The Kier molecular flexibility index (Phi) is 5.75. The molecule has 0 bridgehead atoms. The van der Waals surface area contributed by atoms with Crippen LogP contribution in [0.25, 0.3) is 17.1 Å². The minimum absolute atomic E-state index is 0.145. The van der Waals surface area contributed by atoms with Crippen LogP contribution in [-0.2, 0) is 10.0 Å². The first-order valence-electron chi connectivity index (χ1n) is 10.6. The molecule has 0 saturated carbocycles. The molecule has 5 aromatic rings. The predicted octanol–water partition coefficient (Wildman–Crippen LogP) is 4.48. The maximum absolute atomic E-state index is 12.8. The molecule has 0 radical (unpaired) electrons. The lowest BCUT2D eigenvalue weighted by atomic mass is 10.2. The highest BCUT2D eigenvalue weighted by Crippen LogP contribution is 2.24. The van der Waals surface area contributed by atoms with E-state index in [1.54, 1.807) is 55.6 Å². The van der Waals surface area contributed by atoms with Gasteiger partial charge in [-0.2, -0.15) is 0 Å². The average Bonchev–Trinajstić information content (AvgIpc) is 3.48. The molecule has 0 atom stereocenters. The van der Waals surface area contributed by atoms with Gasteiger partial charge in [0.2, 0.25) is 0 Å². The van der Waals surface area contributed by atoms with Crippen molar-refractivity contribution in [3.63, 3.8) is 0 Å². The molecule has 3 heterocycles. The van der Waals surface area contributed by atoms with Crippen molar-refractivity contribution in [2.45, 2.75) is 18.7 Å². The van der Waals surface area contributed by atoms with Crippen molar-refractivity contribution < 1.29 is 12.8 Å². The zero-order valence-corrected chi connectivity index (χ0v) is 19.7. The van der Waals surface area contributed by atoms with E-state index >= 15 is 0 Å². The summed E-state index contributed by atoms with van der Waals surface area (Å²) in [6.45, 7) is 3.64. The monoisotopic (exact) mass is 487 g/mol. The van der Waals surface area contributed by atoms with Crippen LogP contribution in [0.3, 0.4) is 0 Å². The number of imidazole rings is 1. The molecule has 2 aromatic carbocycles. The summed E-state index contributed by atoms with van der Waals surface area (Å²) in [5.41, 5.74) is 2.60. The van der Waals surface area contributed by atoms with Gasteiger partial charge in [-0.25, -0.2) is 28.4 Å². The van der Waals surface area contributed by atoms with Gasteiger partial charge >= 0.3 is 0 Å². The molecule has 0 aliphatic rings. The van der Waals surface area contributed by atoms with Crippen LogP contribution in [0.5, 0.6) is 0 Å². The van der Waals surface area contributed by atoms with E-state index in [-0.39, 0.29) is 4.90 Å². The smallest absolute Gasteiger partial charge is 0.261 e. The van der Waals surface area contributed by atoms with Gasteiger partial charge < -0.3 is 9.73 Å². The maximum Gasteiger partial charge on any atom is 0.261 e. The number of anilines is 3. The second-order valence-corrected chi connectivity index (χ2v) is 9.37. The van der Waals surface area contributed by atoms with Gasteiger partial charge in [-0.15, -0.1) is 0 Å². The molecule has 11 heteroatoms. The van der Waals surface area contributed by atoms with E-state index in [9.17, 15) is 8.42 Å². The lowest BCUT2D eigenvalue weighted by Gasteiger charge is -2.11. The van der Waals surface area contributed by atoms with Gasteiger partial charge in [-0.3, -0.25) is 9.29 Å². The number of sulfonamides is 1. The van der Waals surface area contributed by atoms with Crippen LogP contribution in [0, 0.1) is 13.8 Å². The lowest BCUT2D eigenvalue weighted by Crippen LogP contribution is -2.12. The second-order valence-electron chi connectivity index (χ2n) is 7.69. The van der Waals surface area contributed by atoms with Gasteiger partial charge in [0.25, 0.3) is 10.0 Å². The molecule has 5 rings (SSSR count). The van der Waals surface area contributed by atoms with Crippen molar-refractivity contribution in [3.8, 4) is 17.1 Å². The standard InChI is InChI=1S/C24H21N7O3S/c1-16-25-11-12-31(16)24-13-23(26-15-27-24)29-19-5-7-20(8-6-19)30-35(32,33)21-9-3-18(4-10-21)22-14-34-17(2)28-22/h3-15,30H,1-2H3,(H,26,27,29). The fraction of sp³-hybridized carbons (Fsp3) is 0.0833. The molecule has 0 spiro atoms. The van der Waals surface area contributed by atoms with Crippen molar-refractivity contribution in [2.24, 2.45) is 0 Å². The molecule has 3 aromatic heterocycles. The Morgan fingerprint density at radius 2 is 1.66 bits per heavy atom. The molecular weight excluding hydrogens is 466 g/mol. The van der Waals surface area contributed by atoms with E-state index in [4.69, 9.17) is 4.42 Å². The molecule has 0 amide bonds. The zero-order valence-electron chi connectivity index (χ0n) is 18.9. The summed E-state index contributed by atoms with van der Waals surface area (Å²) in [7, 11) is -3.76. The molecule has 0 aliphatic carbocycles. The SMILES string of the molecule is Cc1nc(-c2ccc(S(=O)(=O)Nc3ccc(Nc4cc(-n5ccnc5C)ncn4)cc3)cc2)co1. The van der Waals surface area contributed by atoms with E-state index in [0.29, 0.717) is 28.9 Å². The van der Waals surface area contributed by atoms with E-state index in [2.05, 4.69) is 30.0 Å². The zero-order chi connectivity index (χ0) is 24.4. The first-order chi connectivity index (χ1) is 16.9. The quantitative estimate of drug-likeness (QED) is 0.344. The first-order valence-corrected chi connectivity index (χ1v) is 12.1. The van der Waals surface area contributed by atoms with Crippen LogP contribution < -0.4 is 10.0 Å². The van der Waals surface area contributed by atoms with Crippen molar-refractivity contribution in [1.82, 2.24) is 24.5 Å². The minimum Gasteiger partial charge on any atom is -0.449 e. The highest BCUT2D eigenvalue weighted by molar-refractivity contribution is 7.92. The van der Waals surface area contributed by atoms with Crippen molar-refractivity contribution >= 4 is 27.2 Å². The summed E-state index contributed by atoms with van der Waals surface area (Å²) in [4.78, 5) is 17.1.